The smallest absolute Gasteiger partial charge is 0.264 e. The van der Waals surface area contributed by atoms with Gasteiger partial charge in [0.1, 0.15) is 0 Å². The van der Waals surface area contributed by atoms with Crippen molar-refractivity contribution in [2.75, 3.05) is 5.73 Å². The van der Waals surface area contributed by atoms with Crippen LogP contribution in [0.5, 0.6) is 0 Å². The Morgan fingerprint density at radius 1 is 1.43 bits per heavy atom. The minimum absolute atomic E-state index is 0.0479. The molecule has 1 aromatic carbocycles. The second-order valence-corrected chi connectivity index (χ2v) is 3.10. The van der Waals surface area contributed by atoms with E-state index >= 15 is 0 Å². The Morgan fingerprint density at radius 2 is 2.00 bits per heavy atom. The molecule has 0 spiro atoms. The average Bonchev–Trinajstić information content (AvgIpc) is 2.08. The van der Waals surface area contributed by atoms with Gasteiger partial charge in [-0.15, -0.1) is 0 Å². The highest BCUT2D eigenvalue weighted by Crippen LogP contribution is 2.30. The van der Waals surface area contributed by atoms with Crippen molar-refractivity contribution in [2.24, 2.45) is 0 Å². The number of hydrogen-bond acceptors (Lipinski definition) is 2. The molecule has 0 saturated carbocycles. The summed E-state index contributed by atoms with van der Waals surface area (Å²) in [6.07, 6.45) is -2.67. The Kier molecular flexibility index (Phi) is 2.84. The molecule has 0 atom stereocenters. The Labute approximate surface area is 80.7 Å². The second kappa shape index (κ2) is 3.74. The maximum Gasteiger partial charge on any atom is 0.264 e. The summed E-state index contributed by atoms with van der Waals surface area (Å²) < 4.78 is 25.2. The lowest BCUT2D eigenvalue weighted by Crippen LogP contribution is -2.05. The number of halogens is 2. The van der Waals surface area contributed by atoms with Gasteiger partial charge in [-0.1, -0.05) is 0 Å². The number of carbonyl (C=O) groups is 1. The van der Waals surface area contributed by atoms with Gasteiger partial charge in [-0.25, -0.2) is 8.78 Å². The first-order chi connectivity index (χ1) is 6.45. The van der Waals surface area contributed by atoms with Crippen LogP contribution in [0, 0.1) is 6.92 Å². The number of anilines is 1. The monoisotopic (exact) mass is 199 g/mol. The van der Waals surface area contributed by atoms with E-state index in [9.17, 15) is 13.6 Å². The molecule has 0 aliphatic rings. The lowest BCUT2D eigenvalue weighted by Gasteiger charge is -2.11. The molecule has 0 aliphatic carbocycles. The van der Waals surface area contributed by atoms with Gasteiger partial charge < -0.3 is 5.73 Å². The van der Waals surface area contributed by atoms with Gasteiger partial charge in [0.15, 0.2) is 5.78 Å². The number of alkyl halides is 2. The molecule has 0 heterocycles. The van der Waals surface area contributed by atoms with Crippen LogP contribution in [-0.2, 0) is 0 Å². The van der Waals surface area contributed by atoms with Crippen LogP contribution in [-0.4, -0.2) is 5.78 Å². The molecule has 0 aromatic heterocycles. The summed E-state index contributed by atoms with van der Waals surface area (Å²) >= 11 is 0. The minimum atomic E-state index is -2.67. The molecule has 14 heavy (non-hydrogen) atoms. The molecule has 0 unspecified atom stereocenters. The predicted molar refractivity (Wildman–Crippen MR) is 50.6 cm³/mol. The normalized spacial score (nSPS) is 10.6. The first-order valence-electron chi connectivity index (χ1n) is 4.13. The zero-order chi connectivity index (χ0) is 10.9. The fraction of sp³-hybridized carbons (Fsp3) is 0.300. The number of carbonyl (C=O) groups excluding carboxylic acids is 1. The van der Waals surface area contributed by atoms with Crippen LogP contribution < -0.4 is 5.73 Å². The van der Waals surface area contributed by atoms with Gasteiger partial charge in [-0.2, -0.15) is 0 Å². The Balaban J connectivity index is 3.45. The van der Waals surface area contributed by atoms with Gasteiger partial charge in [0.05, 0.1) is 0 Å². The first kappa shape index (κ1) is 10.6. The molecule has 0 amide bonds. The highest BCUT2D eigenvalue weighted by atomic mass is 19.3. The van der Waals surface area contributed by atoms with Crippen LogP contribution in [0.2, 0.25) is 0 Å². The van der Waals surface area contributed by atoms with E-state index in [1.54, 1.807) is 0 Å². The predicted octanol–water partition coefficient (Wildman–Crippen LogP) is 2.72. The van der Waals surface area contributed by atoms with Crippen LogP contribution in [0.3, 0.4) is 0 Å². The van der Waals surface area contributed by atoms with Crippen molar-refractivity contribution in [2.45, 2.75) is 20.3 Å². The number of nitrogens with two attached hydrogens (primary N) is 1. The number of nitrogen functional groups attached to an aromatic ring is 1. The topological polar surface area (TPSA) is 43.1 Å². The average molecular weight is 199 g/mol. The second-order valence-electron chi connectivity index (χ2n) is 3.10. The fourth-order valence-corrected chi connectivity index (χ4v) is 1.33. The number of benzene rings is 1. The van der Waals surface area contributed by atoms with Crippen molar-refractivity contribution < 1.29 is 13.6 Å². The summed E-state index contributed by atoms with van der Waals surface area (Å²) in [5, 5.41) is 0. The third-order valence-electron chi connectivity index (χ3n) is 2.15. The summed E-state index contributed by atoms with van der Waals surface area (Å²) in [5.41, 5.74) is 5.85. The summed E-state index contributed by atoms with van der Waals surface area (Å²) in [6, 6.07) is 2.81. The van der Waals surface area contributed by atoms with Crippen LogP contribution in [0.1, 0.15) is 34.8 Å². The van der Waals surface area contributed by atoms with E-state index in [-0.39, 0.29) is 28.2 Å². The molecule has 0 bridgehead atoms. The molecule has 4 heteroatoms. The molecule has 0 radical (unpaired) electrons. The molecule has 0 aliphatic heterocycles. The summed E-state index contributed by atoms with van der Waals surface area (Å²) in [6.45, 7) is 2.75. The highest BCUT2D eigenvalue weighted by molar-refractivity contribution is 5.96. The van der Waals surface area contributed by atoms with Crippen LogP contribution in [0.4, 0.5) is 14.5 Å². The van der Waals surface area contributed by atoms with Gasteiger partial charge in [0, 0.05) is 16.8 Å². The Morgan fingerprint density at radius 3 is 2.43 bits per heavy atom. The summed E-state index contributed by atoms with van der Waals surface area (Å²) in [4.78, 5) is 11.1. The molecular weight excluding hydrogens is 188 g/mol. The zero-order valence-corrected chi connectivity index (χ0v) is 7.97. The van der Waals surface area contributed by atoms with Crippen molar-refractivity contribution in [3.63, 3.8) is 0 Å². The van der Waals surface area contributed by atoms with E-state index in [0.717, 1.165) is 0 Å². The number of hydrogen-bond donors (Lipinski definition) is 1. The minimum Gasteiger partial charge on any atom is -0.399 e. The molecule has 2 N–H and O–H groups in total. The van der Waals surface area contributed by atoms with Crippen molar-refractivity contribution in [1.82, 2.24) is 0 Å². The molecule has 0 fully saturated rings. The maximum atomic E-state index is 12.6. The van der Waals surface area contributed by atoms with Gasteiger partial charge in [0.25, 0.3) is 6.43 Å². The van der Waals surface area contributed by atoms with E-state index in [1.807, 2.05) is 0 Å². The van der Waals surface area contributed by atoms with Crippen molar-refractivity contribution >= 4 is 11.5 Å². The quantitative estimate of drug-likeness (QED) is 0.587. The summed E-state index contributed by atoms with van der Waals surface area (Å²) in [7, 11) is 0. The van der Waals surface area contributed by atoms with E-state index in [1.165, 1.54) is 26.0 Å². The van der Waals surface area contributed by atoms with Crippen LogP contribution in [0.25, 0.3) is 0 Å². The van der Waals surface area contributed by atoms with Gasteiger partial charge in [-0.3, -0.25) is 4.79 Å². The molecule has 2 nitrogen and oxygen atoms in total. The van der Waals surface area contributed by atoms with E-state index < -0.39 is 6.43 Å². The fourth-order valence-electron chi connectivity index (χ4n) is 1.33. The Bertz CT molecular complexity index is 375. The van der Waals surface area contributed by atoms with Gasteiger partial charge in [-0.05, 0) is 31.5 Å². The lowest BCUT2D eigenvalue weighted by atomic mass is 9.98. The third kappa shape index (κ3) is 1.73. The van der Waals surface area contributed by atoms with E-state index in [2.05, 4.69) is 0 Å². The highest BCUT2D eigenvalue weighted by Gasteiger charge is 2.19. The molecule has 1 rings (SSSR count). The standard InChI is InChI=1S/C10H11F2NO/c1-5-8(13)4-3-7(6(2)14)9(5)10(11)12/h3-4,10H,13H2,1-2H3. The number of ketones is 1. The van der Waals surface area contributed by atoms with Crippen molar-refractivity contribution in [1.29, 1.82) is 0 Å². The third-order valence-corrected chi connectivity index (χ3v) is 2.15. The lowest BCUT2D eigenvalue weighted by molar-refractivity contribution is 0.0998. The van der Waals surface area contributed by atoms with Gasteiger partial charge >= 0.3 is 0 Å². The van der Waals surface area contributed by atoms with Crippen LogP contribution >= 0.6 is 0 Å². The zero-order valence-electron chi connectivity index (χ0n) is 7.97. The number of rotatable bonds is 2. The number of Topliss-reactive ketones (excluding diaryl/α,β-unsaturated/α-hetero) is 1. The SMILES string of the molecule is CC(=O)c1ccc(N)c(C)c1C(F)F. The maximum absolute atomic E-state index is 12.6. The molecule has 1 aromatic rings. The Hall–Kier alpha value is -1.45. The van der Waals surface area contributed by atoms with E-state index in [0.29, 0.717) is 0 Å². The van der Waals surface area contributed by atoms with E-state index in [4.69, 9.17) is 5.73 Å². The summed E-state index contributed by atoms with van der Waals surface area (Å²) in [5.74, 6) is -0.372. The molecule has 0 saturated heterocycles. The van der Waals surface area contributed by atoms with Crippen molar-refractivity contribution in [3.8, 4) is 0 Å². The first-order valence-corrected chi connectivity index (χ1v) is 4.13. The molecule has 76 valence electrons. The largest absolute Gasteiger partial charge is 0.399 e. The van der Waals surface area contributed by atoms with Crippen LogP contribution in [0.15, 0.2) is 12.1 Å². The van der Waals surface area contributed by atoms with Gasteiger partial charge in [0.2, 0.25) is 0 Å². The van der Waals surface area contributed by atoms with Crippen molar-refractivity contribution in [3.05, 3.63) is 28.8 Å². The molecular formula is C10H11F2NO.